The molecule has 1 rings (SSSR count). The fraction of sp³-hybridized carbons (Fsp3) is 0. The highest BCUT2D eigenvalue weighted by atomic mass is 16.4. The highest BCUT2D eigenvalue weighted by Crippen LogP contribution is 2.22. The summed E-state index contributed by atoms with van der Waals surface area (Å²) in [5.41, 5.74) is -0.135. The van der Waals surface area contributed by atoms with Gasteiger partial charge in [-0.3, -0.25) is 0 Å². The molecule has 0 atom stereocenters. The Kier molecular flexibility index (Phi) is 4.05. The molecule has 3 N–H and O–H groups in total. The van der Waals surface area contributed by atoms with Crippen LogP contribution in [0.15, 0.2) is 48.2 Å². The molecule has 0 saturated carbocycles. The monoisotopic (exact) mass is 234 g/mol. The third-order valence-corrected chi connectivity index (χ3v) is 2.00. The molecule has 0 aliphatic carbocycles. The van der Waals surface area contributed by atoms with Gasteiger partial charge in [0.2, 0.25) is 0 Å². The molecule has 0 aliphatic rings. The Morgan fingerprint density at radius 1 is 1.06 bits per heavy atom. The van der Waals surface area contributed by atoms with Crippen molar-refractivity contribution in [2.45, 2.75) is 0 Å². The van der Waals surface area contributed by atoms with Crippen LogP contribution in [0.2, 0.25) is 0 Å². The highest BCUT2D eigenvalue weighted by molar-refractivity contribution is 6.09. The van der Waals surface area contributed by atoms with E-state index >= 15 is 0 Å². The molecular weight excluding hydrogens is 224 g/mol. The normalized spacial score (nSPS) is 12.2. The van der Waals surface area contributed by atoms with E-state index in [2.05, 4.69) is 0 Å². The second-order valence-electron chi connectivity index (χ2n) is 3.11. The van der Waals surface area contributed by atoms with Crippen molar-refractivity contribution in [1.29, 1.82) is 0 Å². The molecule has 88 valence electrons. The van der Waals surface area contributed by atoms with Crippen molar-refractivity contribution < 1.29 is 24.9 Å². The number of carboxylic acids is 2. The van der Waals surface area contributed by atoms with Gasteiger partial charge in [0.1, 0.15) is 5.57 Å². The molecule has 5 heteroatoms. The molecule has 0 heterocycles. The lowest BCUT2D eigenvalue weighted by atomic mass is 9.98. The molecule has 1 aromatic rings. The van der Waals surface area contributed by atoms with E-state index in [4.69, 9.17) is 15.3 Å². The van der Waals surface area contributed by atoms with Gasteiger partial charge < -0.3 is 15.3 Å². The van der Waals surface area contributed by atoms with Gasteiger partial charge in [0.25, 0.3) is 0 Å². The van der Waals surface area contributed by atoms with E-state index < -0.39 is 17.5 Å². The van der Waals surface area contributed by atoms with Crippen molar-refractivity contribution in [3.8, 4) is 0 Å². The van der Waals surface area contributed by atoms with Gasteiger partial charge in [0, 0.05) is 11.6 Å². The first-order valence-corrected chi connectivity index (χ1v) is 4.64. The van der Waals surface area contributed by atoms with E-state index in [1.807, 2.05) is 0 Å². The van der Waals surface area contributed by atoms with Crippen LogP contribution < -0.4 is 0 Å². The lowest BCUT2D eigenvalue weighted by Crippen LogP contribution is -2.05. The maximum atomic E-state index is 10.9. The van der Waals surface area contributed by atoms with E-state index in [-0.39, 0.29) is 5.57 Å². The van der Waals surface area contributed by atoms with Crippen LogP contribution in [0.5, 0.6) is 0 Å². The average molecular weight is 234 g/mol. The lowest BCUT2D eigenvalue weighted by Gasteiger charge is -2.06. The van der Waals surface area contributed by atoms with Crippen LogP contribution in [0.4, 0.5) is 0 Å². The number of aliphatic carboxylic acids is 2. The first-order chi connectivity index (χ1) is 8.06. The molecule has 0 unspecified atom stereocenters. The van der Waals surface area contributed by atoms with Gasteiger partial charge in [0.15, 0.2) is 0 Å². The highest BCUT2D eigenvalue weighted by Gasteiger charge is 2.16. The van der Waals surface area contributed by atoms with Crippen LogP contribution >= 0.6 is 0 Å². The van der Waals surface area contributed by atoms with E-state index in [1.54, 1.807) is 30.3 Å². The number of carboxylic acid groups (broad SMARTS) is 2. The molecule has 0 fully saturated rings. The predicted octanol–water partition coefficient (Wildman–Crippen LogP) is 1.68. The fourth-order valence-electron chi connectivity index (χ4n) is 1.30. The second kappa shape index (κ2) is 5.50. The first-order valence-electron chi connectivity index (χ1n) is 4.64. The summed E-state index contributed by atoms with van der Waals surface area (Å²) in [7, 11) is 0. The minimum Gasteiger partial charge on any atom is -0.515 e. The Bertz CT molecular complexity index is 485. The number of hydrogen-bond donors (Lipinski definition) is 3. The summed E-state index contributed by atoms with van der Waals surface area (Å²) in [6.07, 6.45) is 1.12. The zero-order valence-electron chi connectivity index (χ0n) is 8.70. The smallest absolute Gasteiger partial charge is 0.339 e. The van der Waals surface area contributed by atoms with Crippen LogP contribution in [0.25, 0.3) is 5.57 Å². The standard InChI is InChI=1S/C12H10O5/c13-7-10(12(16)17)9(6-11(14)15)8-4-2-1-3-5-8/h1-7,13H,(H,14,15)(H,16,17)/b9-6+,10-7+. The van der Waals surface area contributed by atoms with Crippen molar-refractivity contribution in [2.24, 2.45) is 0 Å². The van der Waals surface area contributed by atoms with E-state index in [1.165, 1.54) is 0 Å². The summed E-state index contributed by atoms with van der Waals surface area (Å²) in [6.45, 7) is 0. The SMILES string of the molecule is O=C(O)/C=C(/C(=C\O)C(=O)O)c1ccccc1. The Labute approximate surface area is 96.9 Å². The van der Waals surface area contributed by atoms with Crippen molar-refractivity contribution >= 4 is 17.5 Å². The van der Waals surface area contributed by atoms with Gasteiger partial charge >= 0.3 is 11.9 Å². The molecule has 0 spiro atoms. The average Bonchev–Trinajstić information content (AvgIpc) is 2.29. The molecule has 1 aromatic carbocycles. The van der Waals surface area contributed by atoms with Crippen LogP contribution in [-0.4, -0.2) is 27.3 Å². The number of aliphatic hydroxyl groups is 1. The largest absolute Gasteiger partial charge is 0.515 e. The van der Waals surface area contributed by atoms with Crippen LogP contribution in [0, 0.1) is 0 Å². The van der Waals surface area contributed by atoms with Gasteiger partial charge in [-0.15, -0.1) is 0 Å². The van der Waals surface area contributed by atoms with Crippen molar-refractivity contribution in [3.05, 3.63) is 53.8 Å². The van der Waals surface area contributed by atoms with Gasteiger partial charge in [-0.1, -0.05) is 30.3 Å². The van der Waals surface area contributed by atoms with Crippen molar-refractivity contribution in [2.75, 3.05) is 0 Å². The van der Waals surface area contributed by atoms with Crippen LogP contribution in [0.3, 0.4) is 0 Å². The third-order valence-electron chi connectivity index (χ3n) is 2.00. The number of aliphatic hydroxyl groups excluding tert-OH is 1. The van der Waals surface area contributed by atoms with E-state index in [0.717, 1.165) is 6.08 Å². The molecule has 0 saturated heterocycles. The molecule has 5 nitrogen and oxygen atoms in total. The first kappa shape index (κ1) is 12.5. The minimum atomic E-state index is -1.40. The summed E-state index contributed by atoms with van der Waals surface area (Å²) in [5, 5.41) is 26.4. The van der Waals surface area contributed by atoms with Gasteiger partial charge in [-0.2, -0.15) is 0 Å². The van der Waals surface area contributed by atoms with Gasteiger partial charge in [-0.25, -0.2) is 9.59 Å². The van der Waals surface area contributed by atoms with Crippen LogP contribution in [0.1, 0.15) is 5.56 Å². The molecular formula is C12H10O5. The number of rotatable bonds is 4. The van der Waals surface area contributed by atoms with E-state index in [0.29, 0.717) is 11.8 Å². The molecule has 0 aromatic heterocycles. The predicted molar refractivity (Wildman–Crippen MR) is 60.4 cm³/mol. The topological polar surface area (TPSA) is 94.8 Å². The zero-order valence-corrected chi connectivity index (χ0v) is 8.70. The quantitative estimate of drug-likeness (QED) is 0.418. The zero-order chi connectivity index (χ0) is 12.8. The summed E-state index contributed by atoms with van der Waals surface area (Å²) >= 11 is 0. The maximum Gasteiger partial charge on any atom is 0.339 e. The lowest BCUT2D eigenvalue weighted by molar-refractivity contribution is -0.132. The maximum absolute atomic E-state index is 10.9. The van der Waals surface area contributed by atoms with E-state index in [9.17, 15) is 9.59 Å². The number of benzene rings is 1. The Hall–Kier alpha value is -2.56. The summed E-state index contributed by atoms with van der Waals surface area (Å²) < 4.78 is 0. The summed E-state index contributed by atoms with van der Waals surface area (Å²) in [4.78, 5) is 21.5. The molecule has 0 bridgehead atoms. The van der Waals surface area contributed by atoms with Crippen molar-refractivity contribution in [1.82, 2.24) is 0 Å². The van der Waals surface area contributed by atoms with Gasteiger partial charge in [0.05, 0.1) is 6.26 Å². The molecule has 17 heavy (non-hydrogen) atoms. The second-order valence-corrected chi connectivity index (χ2v) is 3.11. The minimum absolute atomic E-state index is 0.0619. The number of hydrogen-bond acceptors (Lipinski definition) is 3. The van der Waals surface area contributed by atoms with Crippen LogP contribution in [-0.2, 0) is 9.59 Å². The molecule has 0 aliphatic heterocycles. The van der Waals surface area contributed by atoms with Crippen molar-refractivity contribution in [3.63, 3.8) is 0 Å². The Morgan fingerprint density at radius 2 is 1.65 bits per heavy atom. The summed E-state index contributed by atoms with van der Waals surface area (Å²) in [6, 6.07) is 8.11. The number of carbonyl (C=O) groups is 2. The Balaban J connectivity index is 3.33. The molecule has 0 amide bonds. The van der Waals surface area contributed by atoms with Gasteiger partial charge in [-0.05, 0) is 5.56 Å². The Morgan fingerprint density at radius 3 is 2.06 bits per heavy atom. The molecule has 0 radical (unpaired) electrons. The summed E-state index contributed by atoms with van der Waals surface area (Å²) in [5.74, 6) is -2.69. The fourth-order valence-corrected chi connectivity index (χ4v) is 1.30. The third kappa shape index (κ3) is 3.20.